The maximum Gasteiger partial charge on any atom is 0.499 e. The Labute approximate surface area is 427 Å². The maximum absolute atomic E-state index is 13.6. The Balaban J connectivity index is 0.000000482. The van der Waals surface area contributed by atoms with Gasteiger partial charge in [-0.05, 0) is 76.7 Å². The van der Waals surface area contributed by atoms with Crippen molar-refractivity contribution in [3.8, 4) is 11.5 Å². The minimum atomic E-state index is -5.92. The summed E-state index contributed by atoms with van der Waals surface area (Å²) in [7, 11) is -10.8. The number of sulfonamides is 1. The van der Waals surface area contributed by atoms with Gasteiger partial charge in [0, 0.05) is 109 Å². The Bertz CT molecular complexity index is 2870. The Morgan fingerprint density at radius 1 is 0.971 bits per heavy atom. The van der Waals surface area contributed by atoms with Crippen LogP contribution in [-0.2, 0) is 51.7 Å². The van der Waals surface area contributed by atoms with Gasteiger partial charge in [-0.3, -0.25) is 14.6 Å². The SMILES string of the molecule is CC1(C)CC(c2ccc(Cl)cc2)=C(CN2CCN(c3ccc(C(=O)NS(=O)(=O)c4cc[c-]c(S(=O)(=O)C(F)(F)F)c4)c(Oc4cnc5[nH]ccc5c4)c3)CC2)CO1.[Au].[CH-]1CCC(N2CCOCC2)CC1. The normalized spacial score (nSPS) is 18.7. The Kier molecular flexibility index (Phi) is 17.3. The van der Waals surface area contributed by atoms with Gasteiger partial charge in [-0.1, -0.05) is 36.6 Å². The summed E-state index contributed by atoms with van der Waals surface area (Å²) in [5, 5.41) is 1.38. The van der Waals surface area contributed by atoms with Crippen LogP contribution in [0.1, 0.15) is 61.9 Å². The molecule has 70 heavy (non-hydrogen) atoms. The van der Waals surface area contributed by atoms with Crippen molar-refractivity contribution in [3.63, 3.8) is 0 Å². The van der Waals surface area contributed by atoms with Crippen LogP contribution >= 0.6 is 11.6 Å². The van der Waals surface area contributed by atoms with Crippen LogP contribution in [-0.4, -0.2) is 125 Å². The molecule has 3 aliphatic heterocycles. The van der Waals surface area contributed by atoms with Gasteiger partial charge in [-0.2, -0.15) is 44.2 Å². The number of H-pyrrole nitrogens is 1. The first-order chi connectivity index (χ1) is 32.8. The van der Waals surface area contributed by atoms with Crippen molar-refractivity contribution < 1.29 is 71.4 Å². The maximum atomic E-state index is 13.6. The van der Waals surface area contributed by atoms with Crippen molar-refractivity contribution in [1.82, 2.24) is 24.5 Å². The van der Waals surface area contributed by atoms with Crippen molar-refractivity contribution in [1.29, 1.82) is 0 Å². The molecule has 0 bridgehead atoms. The van der Waals surface area contributed by atoms with E-state index in [0.717, 1.165) is 50.4 Å². The second kappa shape index (κ2) is 22.6. The van der Waals surface area contributed by atoms with Gasteiger partial charge < -0.3 is 30.5 Å². The Morgan fingerprint density at radius 3 is 2.39 bits per heavy atom. The summed E-state index contributed by atoms with van der Waals surface area (Å²) in [6.45, 7) is 12.2. The molecule has 2 aromatic heterocycles. The summed E-state index contributed by atoms with van der Waals surface area (Å²) >= 11 is 6.17. The quantitative estimate of drug-likeness (QED) is 0.0960. The summed E-state index contributed by atoms with van der Waals surface area (Å²) in [6.07, 6.45) is 11.7. The van der Waals surface area contributed by atoms with E-state index in [-0.39, 0.29) is 51.1 Å². The van der Waals surface area contributed by atoms with E-state index in [0.29, 0.717) is 67.1 Å². The molecule has 2 saturated heterocycles. The number of pyridine rings is 1. The number of rotatable bonds is 11. The van der Waals surface area contributed by atoms with Gasteiger partial charge in [0.2, 0.25) is 10.0 Å². The molecule has 381 valence electrons. The number of amides is 1. The third-order valence-corrected chi connectivity index (χ3v) is 15.7. The van der Waals surface area contributed by atoms with Gasteiger partial charge in [0.05, 0.1) is 37.2 Å². The molecular formula is C49H54AuClF3N6O8S2-2. The first-order valence-electron chi connectivity index (χ1n) is 22.7. The molecule has 3 fully saturated rings. The number of morpholine rings is 1. The predicted molar refractivity (Wildman–Crippen MR) is 256 cm³/mol. The van der Waals surface area contributed by atoms with E-state index in [1.165, 1.54) is 49.1 Å². The third-order valence-electron chi connectivity index (χ3n) is 12.7. The molecule has 5 heterocycles. The summed E-state index contributed by atoms with van der Waals surface area (Å²) in [4.78, 5) is 25.7. The third kappa shape index (κ3) is 13.0. The fraction of sp³-hybridized carbons (Fsp3) is 0.408. The molecule has 1 aliphatic carbocycles. The number of carbonyl (C=O) groups is 1. The van der Waals surface area contributed by atoms with Gasteiger partial charge in [0.15, 0.2) is 0 Å². The van der Waals surface area contributed by atoms with Gasteiger partial charge in [-0.25, -0.2) is 26.5 Å². The van der Waals surface area contributed by atoms with E-state index in [1.54, 1.807) is 30.5 Å². The monoisotopic (exact) mass is 1210 g/mol. The standard InChI is InChI=1S/C39H36ClF3N5O7S2.C10H18NO.Au/c1-38(2)21-34(25-6-8-28(40)9-7-25)27(24-54-38)23-47-14-16-48(17-15-47)29-10-11-33(35(19-29)55-30-18-26-12-13-44-36(26)45-22-30)37(49)46-57(52,53)32-5-3-4-31(20-32)56(50,51)39(41,42)43;1-2-4-10(5-3-1)11-6-8-12-9-7-11;/h3,5-13,18-20,22H,14-17,21,23-24H2,1-2H3,(H,44,45)(H,46,49);1,10H,2-9H2;/q2*-1;. The van der Waals surface area contributed by atoms with Crippen LogP contribution in [0.15, 0.2) is 101 Å². The average molecular weight is 1210 g/mol. The second-order valence-electron chi connectivity index (χ2n) is 18.0. The fourth-order valence-electron chi connectivity index (χ4n) is 8.91. The topological polar surface area (TPSA) is 163 Å². The van der Waals surface area contributed by atoms with Crippen molar-refractivity contribution >= 4 is 59.7 Å². The van der Waals surface area contributed by atoms with Crippen LogP contribution in [0.5, 0.6) is 11.5 Å². The number of carbonyl (C=O) groups excluding carboxylic acids is 1. The molecule has 4 aliphatic rings. The first kappa shape index (κ1) is 53.5. The molecule has 0 unspecified atom stereocenters. The van der Waals surface area contributed by atoms with Crippen LogP contribution in [0.3, 0.4) is 0 Å². The molecular weight excluding hydrogens is 1150 g/mol. The molecule has 2 N–H and O–H groups in total. The summed E-state index contributed by atoms with van der Waals surface area (Å²) in [5.74, 6) is -0.960. The molecule has 1 saturated carbocycles. The molecule has 5 aromatic rings. The summed E-state index contributed by atoms with van der Waals surface area (Å²) < 4.78 is 110. The van der Waals surface area contributed by atoms with Gasteiger partial charge in [-0.15, -0.1) is 6.07 Å². The molecule has 14 nitrogen and oxygen atoms in total. The smallest absolute Gasteiger partial charge is 0.455 e. The zero-order chi connectivity index (χ0) is 49.0. The van der Waals surface area contributed by atoms with E-state index < -0.39 is 41.1 Å². The van der Waals surface area contributed by atoms with Crippen molar-refractivity contribution in [2.24, 2.45) is 0 Å². The number of sulfone groups is 1. The van der Waals surface area contributed by atoms with E-state index in [9.17, 15) is 34.8 Å². The van der Waals surface area contributed by atoms with Crippen LogP contribution in [0.25, 0.3) is 16.6 Å². The number of hydrogen-bond donors (Lipinski definition) is 2. The van der Waals surface area contributed by atoms with Gasteiger partial charge in [0.1, 0.15) is 17.1 Å². The second-order valence-corrected chi connectivity index (χ2v) is 22.0. The van der Waals surface area contributed by atoms with E-state index in [1.807, 2.05) is 35.1 Å². The average Bonchev–Trinajstić information content (AvgIpc) is 3.81. The molecule has 21 heteroatoms. The molecule has 3 aromatic carbocycles. The minimum Gasteiger partial charge on any atom is -0.455 e. The number of hydrogen-bond acceptors (Lipinski definition) is 12. The van der Waals surface area contributed by atoms with E-state index in [4.69, 9.17) is 25.8 Å². The fourth-order valence-corrected chi connectivity index (χ4v) is 10.9. The number of fused-ring (bicyclic) bond motifs is 1. The molecule has 0 spiro atoms. The Hall–Kier alpha value is -4.28. The summed E-state index contributed by atoms with van der Waals surface area (Å²) in [6, 6.07) is 20.5. The van der Waals surface area contributed by atoms with Crippen LogP contribution in [0.4, 0.5) is 18.9 Å². The van der Waals surface area contributed by atoms with Crippen LogP contribution in [0.2, 0.25) is 5.02 Å². The van der Waals surface area contributed by atoms with Crippen LogP contribution in [0, 0.1) is 12.5 Å². The number of aromatic nitrogens is 2. The number of halogens is 4. The molecule has 9 rings (SSSR count). The van der Waals surface area contributed by atoms with Gasteiger partial charge >= 0.3 is 5.51 Å². The number of nitrogens with zero attached hydrogens (tertiary/aromatic N) is 4. The minimum absolute atomic E-state index is 0. The van der Waals surface area contributed by atoms with Crippen molar-refractivity contribution in [2.75, 3.05) is 70.5 Å². The molecule has 1 radical (unpaired) electrons. The number of nitrogens with one attached hydrogen (secondary N) is 2. The number of aromatic amines is 1. The molecule has 0 atom stereocenters. The number of piperazine rings is 1. The molecule has 1 amide bonds. The Morgan fingerprint density at radius 2 is 1.69 bits per heavy atom. The number of anilines is 1. The first-order valence-corrected chi connectivity index (χ1v) is 26.1. The van der Waals surface area contributed by atoms with E-state index in [2.05, 4.69) is 44.9 Å². The zero-order valence-corrected chi connectivity index (χ0v) is 43.1. The van der Waals surface area contributed by atoms with Crippen LogP contribution < -0.4 is 14.4 Å². The summed E-state index contributed by atoms with van der Waals surface area (Å²) in [5.41, 5.74) is -1.40. The number of benzene rings is 3. The largest absolute Gasteiger partial charge is 0.499 e. The number of alkyl halides is 3. The van der Waals surface area contributed by atoms with Crippen molar-refractivity contribution in [2.45, 2.75) is 72.9 Å². The zero-order valence-electron chi connectivity index (χ0n) is 38.5. The van der Waals surface area contributed by atoms with E-state index >= 15 is 0 Å². The van der Waals surface area contributed by atoms with Crippen molar-refractivity contribution in [3.05, 3.63) is 119 Å². The van der Waals surface area contributed by atoms with Gasteiger partial charge in [0.25, 0.3) is 15.7 Å². The predicted octanol–water partition coefficient (Wildman–Crippen LogP) is 8.46. The number of ether oxygens (including phenoxy) is 3.